The van der Waals surface area contributed by atoms with E-state index in [-0.39, 0.29) is 0 Å². The Labute approximate surface area is 134 Å². The molecule has 1 aromatic rings. The Morgan fingerprint density at radius 1 is 1.18 bits per heavy atom. The van der Waals surface area contributed by atoms with Crippen LogP contribution in [0, 0.1) is 5.92 Å². The maximum Gasteiger partial charge on any atom is 0.223 e. The van der Waals surface area contributed by atoms with Gasteiger partial charge in [-0.15, -0.1) is 0 Å². The summed E-state index contributed by atoms with van der Waals surface area (Å²) >= 11 is 0. The van der Waals surface area contributed by atoms with E-state index >= 15 is 0 Å². The van der Waals surface area contributed by atoms with Gasteiger partial charge in [-0.1, -0.05) is 37.3 Å². The van der Waals surface area contributed by atoms with E-state index in [0.717, 1.165) is 31.8 Å². The first kappa shape index (κ1) is 15.5. The molecule has 1 atom stereocenters. The third-order valence-corrected chi connectivity index (χ3v) is 5.09. The van der Waals surface area contributed by atoms with Gasteiger partial charge in [0, 0.05) is 25.6 Å². The van der Waals surface area contributed by atoms with Crippen LogP contribution in [-0.4, -0.2) is 36.5 Å². The van der Waals surface area contributed by atoms with Crippen LogP contribution >= 0.6 is 0 Å². The van der Waals surface area contributed by atoms with Gasteiger partial charge in [-0.25, -0.2) is 0 Å². The molecule has 3 rings (SSSR count). The molecule has 0 radical (unpaired) electrons. The van der Waals surface area contributed by atoms with Crippen LogP contribution in [0.2, 0.25) is 0 Å². The highest BCUT2D eigenvalue weighted by atomic mass is 16.2. The predicted octanol–water partition coefficient (Wildman–Crippen LogP) is 3.17. The molecule has 1 aliphatic heterocycles. The van der Waals surface area contributed by atoms with Crippen LogP contribution in [0.25, 0.3) is 0 Å². The Bertz CT molecular complexity index is 475. The molecule has 0 aromatic heterocycles. The maximum atomic E-state index is 12.5. The van der Waals surface area contributed by atoms with E-state index in [2.05, 4.69) is 29.3 Å². The molecule has 1 heterocycles. The fourth-order valence-electron chi connectivity index (χ4n) is 3.28. The van der Waals surface area contributed by atoms with Crippen molar-refractivity contribution in [3.8, 4) is 0 Å². The van der Waals surface area contributed by atoms with Gasteiger partial charge >= 0.3 is 0 Å². The van der Waals surface area contributed by atoms with E-state index in [1.807, 2.05) is 18.2 Å². The van der Waals surface area contributed by atoms with Gasteiger partial charge in [-0.3, -0.25) is 4.79 Å². The Hall–Kier alpha value is -1.35. The number of rotatable bonds is 6. The first-order valence-electron chi connectivity index (χ1n) is 8.78. The van der Waals surface area contributed by atoms with Crippen molar-refractivity contribution in [2.75, 3.05) is 19.6 Å². The minimum absolute atomic E-state index is 0.305. The molecule has 1 saturated carbocycles. The Balaban J connectivity index is 1.41. The molecule has 3 nitrogen and oxygen atoms in total. The Morgan fingerprint density at radius 2 is 1.86 bits per heavy atom. The molecule has 1 saturated heterocycles. The number of likely N-dealkylation sites (tertiary alicyclic amines) is 1. The summed E-state index contributed by atoms with van der Waals surface area (Å²) in [5.41, 5.74) is 1.26. The third-order valence-electron chi connectivity index (χ3n) is 5.09. The van der Waals surface area contributed by atoms with Gasteiger partial charge in [0.05, 0.1) is 0 Å². The molecule has 3 heteroatoms. The van der Waals surface area contributed by atoms with Gasteiger partial charge in [-0.05, 0) is 49.6 Å². The summed E-state index contributed by atoms with van der Waals surface area (Å²) in [6, 6.07) is 11.0. The number of piperidine rings is 1. The minimum atomic E-state index is 0.305. The van der Waals surface area contributed by atoms with Crippen LogP contribution in [0.3, 0.4) is 0 Å². The minimum Gasteiger partial charge on any atom is -0.343 e. The van der Waals surface area contributed by atoms with Crippen molar-refractivity contribution >= 4 is 5.91 Å². The third kappa shape index (κ3) is 4.33. The van der Waals surface area contributed by atoms with Crippen molar-refractivity contribution < 1.29 is 4.79 Å². The van der Waals surface area contributed by atoms with Gasteiger partial charge in [0.1, 0.15) is 0 Å². The molecule has 1 unspecified atom stereocenters. The van der Waals surface area contributed by atoms with Gasteiger partial charge in [0.15, 0.2) is 0 Å². The lowest BCUT2D eigenvalue weighted by Crippen LogP contribution is -2.45. The molecule has 2 aliphatic rings. The Kier molecular flexibility index (Phi) is 5.14. The zero-order chi connectivity index (χ0) is 15.4. The molecule has 0 spiro atoms. The highest BCUT2D eigenvalue weighted by molar-refractivity contribution is 5.77. The highest BCUT2D eigenvalue weighted by Crippen LogP contribution is 2.28. The largest absolute Gasteiger partial charge is 0.343 e. The molecule has 1 aliphatic carbocycles. The van der Waals surface area contributed by atoms with Gasteiger partial charge in [-0.2, -0.15) is 0 Å². The van der Waals surface area contributed by atoms with Crippen molar-refractivity contribution in [2.24, 2.45) is 5.92 Å². The summed E-state index contributed by atoms with van der Waals surface area (Å²) in [6.45, 7) is 5.17. The average molecular weight is 300 g/mol. The topological polar surface area (TPSA) is 32.3 Å². The zero-order valence-corrected chi connectivity index (χ0v) is 13.6. The SMILES string of the molecule is CC(CC(=O)N1CCC(NCC2CC2)CC1)c1ccccc1. The summed E-state index contributed by atoms with van der Waals surface area (Å²) in [7, 11) is 0. The van der Waals surface area contributed by atoms with Crippen molar-refractivity contribution in [3.05, 3.63) is 35.9 Å². The monoisotopic (exact) mass is 300 g/mol. The summed E-state index contributed by atoms with van der Waals surface area (Å²) in [5.74, 6) is 1.56. The van der Waals surface area contributed by atoms with Crippen LogP contribution in [0.4, 0.5) is 0 Å². The summed E-state index contributed by atoms with van der Waals surface area (Å²) in [6.07, 6.45) is 5.66. The second-order valence-electron chi connectivity index (χ2n) is 7.02. The van der Waals surface area contributed by atoms with Crippen molar-refractivity contribution in [1.29, 1.82) is 0 Å². The van der Waals surface area contributed by atoms with Crippen molar-refractivity contribution in [3.63, 3.8) is 0 Å². The standard InChI is InChI=1S/C19H28N2O/c1-15(17-5-3-2-4-6-17)13-19(22)21-11-9-18(10-12-21)20-14-16-7-8-16/h2-6,15-16,18,20H,7-14H2,1H3. The lowest BCUT2D eigenvalue weighted by Gasteiger charge is -2.33. The second kappa shape index (κ2) is 7.28. The zero-order valence-electron chi connectivity index (χ0n) is 13.6. The number of benzene rings is 1. The fourth-order valence-corrected chi connectivity index (χ4v) is 3.28. The number of amides is 1. The number of hydrogen-bond acceptors (Lipinski definition) is 2. The number of carbonyl (C=O) groups is 1. The average Bonchev–Trinajstić information content (AvgIpc) is 3.38. The van der Waals surface area contributed by atoms with E-state index < -0.39 is 0 Å². The lowest BCUT2D eigenvalue weighted by atomic mass is 9.96. The van der Waals surface area contributed by atoms with E-state index in [0.29, 0.717) is 24.3 Å². The smallest absolute Gasteiger partial charge is 0.223 e. The number of hydrogen-bond donors (Lipinski definition) is 1. The molecule has 0 bridgehead atoms. The van der Waals surface area contributed by atoms with E-state index in [1.54, 1.807) is 0 Å². The first-order chi connectivity index (χ1) is 10.7. The predicted molar refractivity (Wildman–Crippen MR) is 89.8 cm³/mol. The van der Waals surface area contributed by atoms with Gasteiger partial charge in [0.25, 0.3) is 0 Å². The molecule has 22 heavy (non-hydrogen) atoms. The second-order valence-corrected chi connectivity index (χ2v) is 7.02. The van der Waals surface area contributed by atoms with Crippen LogP contribution < -0.4 is 5.32 Å². The normalized spacial score (nSPS) is 20.9. The lowest BCUT2D eigenvalue weighted by molar-refractivity contribution is -0.132. The number of carbonyl (C=O) groups excluding carboxylic acids is 1. The number of nitrogens with one attached hydrogen (secondary N) is 1. The fraction of sp³-hybridized carbons (Fsp3) is 0.632. The van der Waals surface area contributed by atoms with Crippen LogP contribution in [0.15, 0.2) is 30.3 Å². The first-order valence-corrected chi connectivity index (χ1v) is 8.78. The van der Waals surface area contributed by atoms with Crippen molar-refractivity contribution in [2.45, 2.75) is 51.0 Å². The van der Waals surface area contributed by atoms with E-state index in [9.17, 15) is 4.79 Å². The van der Waals surface area contributed by atoms with Crippen LogP contribution in [0.5, 0.6) is 0 Å². The maximum absolute atomic E-state index is 12.5. The molecule has 1 aromatic carbocycles. The molecule has 1 amide bonds. The van der Waals surface area contributed by atoms with Crippen LogP contribution in [-0.2, 0) is 4.79 Å². The highest BCUT2D eigenvalue weighted by Gasteiger charge is 2.26. The van der Waals surface area contributed by atoms with E-state index in [4.69, 9.17) is 0 Å². The summed E-state index contributed by atoms with van der Waals surface area (Å²) < 4.78 is 0. The molecule has 1 N–H and O–H groups in total. The quantitative estimate of drug-likeness (QED) is 0.875. The van der Waals surface area contributed by atoms with E-state index in [1.165, 1.54) is 24.9 Å². The molecule has 2 fully saturated rings. The van der Waals surface area contributed by atoms with Crippen LogP contribution in [0.1, 0.15) is 50.5 Å². The summed E-state index contributed by atoms with van der Waals surface area (Å²) in [4.78, 5) is 14.5. The van der Waals surface area contributed by atoms with Gasteiger partial charge in [0.2, 0.25) is 5.91 Å². The number of nitrogens with zero attached hydrogens (tertiary/aromatic N) is 1. The van der Waals surface area contributed by atoms with Crippen molar-refractivity contribution in [1.82, 2.24) is 10.2 Å². The summed E-state index contributed by atoms with van der Waals surface area (Å²) in [5, 5.41) is 3.67. The molecule has 120 valence electrons. The van der Waals surface area contributed by atoms with Gasteiger partial charge < -0.3 is 10.2 Å². The molecular weight excluding hydrogens is 272 g/mol. The Morgan fingerprint density at radius 3 is 2.50 bits per heavy atom. The molecular formula is C19H28N2O.